The molecule has 1 fully saturated rings. The molecule has 0 bridgehead atoms. The molecule has 1 N–H and O–H groups in total. The van der Waals surface area contributed by atoms with E-state index in [0.717, 1.165) is 24.0 Å². The second kappa shape index (κ2) is 7.66. The van der Waals surface area contributed by atoms with E-state index in [2.05, 4.69) is 42.3 Å². The van der Waals surface area contributed by atoms with Crippen molar-refractivity contribution in [1.29, 1.82) is 0 Å². The molecule has 0 radical (unpaired) electrons. The van der Waals surface area contributed by atoms with Crippen molar-refractivity contribution >= 4 is 5.91 Å². The number of aromatic nitrogens is 1. The Morgan fingerprint density at radius 1 is 1.07 bits per heavy atom. The van der Waals surface area contributed by atoms with Gasteiger partial charge in [-0.2, -0.15) is 0 Å². The predicted octanol–water partition coefficient (Wildman–Crippen LogP) is 4.98. The van der Waals surface area contributed by atoms with E-state index < -0.39 is 5.41 Å². The fraction of sp³-hybridized carbons (Fsp3) is 0.250. The minimum atomic E-state index is -0.406. The average molecular weight is 390 g/mol. The van der Waals surface area contributed by atoms with Gasteiger partial charge in [-0.25, -0.2) is 9.37 Å². The van der Waals surface area contributed by atoms with Crippen molar-refractivity contribution in [2.45, 2.75) is 38.6 Å². The largest absolute Gasteiger partial charge is 0.439 e. The van der Waals surface area contributed by atoms with Crippen LogP contribution in [0.4, 0.5) is 4.39 Å². The molecule has 0 unspecified atom stereocenters. The van der Waals surface area contributed by atoms with Crippen molar-refractivity contribution in [3.63, 3.8) is 0 Å². The van der Waals surface area contributed by atoms with E-state index in [9.17, 15) is 9.18 Å². The number of benzene rings is 2. The average Bonchev–Trinajstić information content (AvgIpc) is 3.50. The SMILES string of the molecule is Cc1cc(C)cc(C2(C(=O)NCc3ccnc(Oc4ccc(F)cc4)c3)CC2)c1. The van der Waals surface area contributed by atoms with E-state index >= 15 is 0 Å². The number of hydrogen-bond acceptors (Lipinski definition) is 3. The molecule has 1 heterocycles. The monoisotopic (exact) mass is 390 g/mol. The van der Waals surface area contributed by atoms with Gasteiger partial charge < -0.3 is 10.1 Å². The molecular weight excluding hydrogens is 367 g/mol. The topological polar surface area (TPSA) is 51.2 Å². The van der Waals surface area contributed by atoms with E-state index in [1.807, 2.05) is 6.07 Å². The van der Waals surface area contributed by atoms with E-state index in [1.54, 1.807) is 24.4 Å². The summed E-state index contributed by atoms with van der Waals surface area (Å²) in [6, 6.07) is 15.7. The van der Waals surface area contributed by atoms with Crippen molar-refractivity contribution in [2.24, 2.45) is 0 Å². The molecule has 4 nitrogen and oxygen atoms in total. The minimum absolute atomic E-state index is 0.0558. The molecule has 5 heteroatoms. The Bertz CT molecular complexity index is 1020. The highest BCUT2D eigenvalue weighted by Gasteiger charge is 2.51. The zero-order valence-electron chi connectivity index (χ0n) is 16.5. The fourth-order valence-corrected chi connectivity index (χ4v) is 3.61. The summed E-state index contributed by atoms with van der Waals surface area (Å²) >= 11 is 0. The summed E-state index contributed by atoms with van der Waals surface area (Å²) in [6.07, 6.45) is 3.38. The minimum Gasteiger partial charge on any atom is -0.439 e. The zero-order chi connectivity index (χ0) is 20.4. The van der Waals surface area contributed by atoms with Crippen molar-refractivity contribution in [2.75, 3.05) is 0 Å². The molecule has 29 heavy (non-hydrogen) atoms. The van der Waals surface area contributed by atoms with Gasteiger partial charge in [0.15, 0.2) is 0 Å². The molecule has 148 valence electrons. The summed E-state index contributed by atoms with van der Waals surface area (Å²) in [7, 11) is 0. The van der Waals surface area contributed by atoms with Crippen LogP contribution in [0, 0.1) is 19.7 Å². The van der Waals surface area contributed by atoms with E-state index in [4.69, 9.17) is 4.74 Å². The number of aryl methyl sites for hydroxylation is 2. The molecule has 0 spiro atoms. The van der Waals surface area contributed by atoms with Gasteiger partial charge in [0.2, 0.25) is 11.8 Å². The first-order valence-corrected chi connectivity index (χ1v) is 9.70. The van der Waals surface area contributed by atoms with Gasteiger partial charge in [0.25, 0.3) is 0 Å². The normalized spacial score (nSPS) is 14.3. The lowest BCUT2D eigenvalue weighted by atomic mass is 9.92. The lowest BCUT2D eigenvalue weighted by Gasteiger charge is -2.17. The first kappa shape index (κ1) is 19.1. The zero-order valence-corrected chi connectivity index (χ0v) is 16.5. The lowest BCUT2D eigenvalue weighted by molar-refractivity contribution is -0.123. The van der Waals surface area contributed by atoms with Gasteiger partial charge in [-0.05, 0) is 68.1 Å². The summed E-state index contributed by atoms with van der Waals surface area (Å²) < 4.78 is 18.7. The van der Waals surface area contributed by atoms with Crippen LogP contribution in [0.1, 0.15) is 35.1 Å². The molecule has 1 aromatic heterocycles. The summed E-state index contributed by atoms with van der Waals surface area (Å²) in [5, 5.41) is 3.07. The van der Waals surface area contributed by atoms with Crippen molar-refractivity contribution in [3.8, 4) is 11.6 Å². The summed E-state index contributed by atoms with van der Waals surface area (Å²) in [5.41, 5.74) is 3.94. The number of amides is 1. The number of nitrogens with zero attached hydrogens (tertiary/aromatic N) is 1. The molecule has 1 aliphatic rings. The highest BCUT2D eigenvalue weighted by Crippen LogP contribution is 2.48. The molecule has 2 aromatic carbocycles. The summed E-state index contributed by atoms with van der Waals surface area (Å²) in [6.45, 7) is 4.52. The molecule has 1 saturated carbocycles. The Morgan fingerprint density at radius 2 is 1.76 bits per heavy atom. The maximum absolute atomic E-state index is 13.0. The third-order valence-electron chi connectivity index (χ3n) is 5.25. The number of hydrogen-bond donors (Lipinski definition) is 1. The smallest absolute Gasteiger partial charge is 0.230 e. The van der Waals surface area contributed by atoms with Crippen molar-refractivity contribution in [1.82, 2.24) is 10.3 Å². The van der Waals surface area contributed by atoms with Gasteiger partial charge in [0, 0.05) is 18.8 Å². The van der Waals surface area contributed by atoms with E-state index in [-0.39, 0.29) is 11.7 Å². The second-order valence-electron chi connectivity index (χ2n) is 7.70. The van der Waals surface area contributed by atoms with Crippen LogP contribution < -0.4 is 10.1 Å². The van der Waals surface area contributed by atoms with Gasteiger partial charge in [-0.3, -0.25) is 4.79 Å². The first-order valence-electron chi connectivity index (χ1n) is 9.70. The van der Waals surface area contributed by atoms with Gasteiger partial charge in [0.1, 0.15) is 11.6 Å². The van der Waals surface area contributed by atoms with Gasteiger partial charge in [0.05, 0.1) is 5.41 Å². The van der Waals surface area contributed by atoms with Crippen LogP contribution in [0.2, 0.25) is 0 Å². The highest BCUT2D eigenvalue weighted by atomic mass is 19.1. The highest BCUT2D eigenvalue weighted by molar-refractivity contribution is 5.91. The summed E-state index contributed by atoms with van der Waals surface area (Å²) in [4.78, 5) is 17.1. The number of carbonyl (C=O) groups excluding carboxylic acids is 1. The van der Waals surface area contributed by atoms with Crippen LogP contribution in [0.5, 0.6) is 11.6 Å². The van der Waals surface area contributed by atoms with E-state index in [1.165, 1.54) is 23.3 Å². The molecular formula is C24H23FN2O2. The second-order valence-corrected chi connectivity index (χ2v) is 7.70. The van der Waals surface area contributed by atoms with Crippen molar-refractivity contribution in [3.05, 3.63) is 88.9 Å². The van der Waals surface area contributed by atoms with Gasteiger partial charge in [-0.15, -0.1) is 0 Å². The lowest BCUT2D eigenvalue weighted by Crippen LogP contribution is -2.34. The predicted molar refractivity (Wildman–Crippen MR) is 109 cm³/mol. The van der Waals surface area contributed by atoms with Crippen molar-refractivity contribution < 1.29 is 13.9 Å². The quantitative estimate of drug-likeness (QED) is 0.646. The number of nitrogens with one attached hydrogen (secondary N) is 1. The molecule has 0 atom stereocenters. The van der Waals surface area contributed by atoms with Crippen LogP contribution in [0.15, 0.2) is 60.8 Å². The Hall–Kier alpha value is -3.21. The molecule has 0 aliphatic heterocycles. The number of halogens is 1. The number of pyridine rings is 1. The van der Waals surface area contributed by atoms with Crippen LogP contribution >= 0.6 is 0 Å². The van der Waals surface area contributed by atoms with Crippen LogP contribution in [0.25, 0.3) is 0 Å². The standard InChI is InChI=1S/C24H23FN2O2/c1-16-11-17(2)13-19(12-16)24(8-9-24)23(28)27-15-18-7-10-26-22(14-18)29-21-5-3-20(25)4-6-21/h3-7,10-14H,8-9,15H2,1-2H3,(H,27,28). The maximum Gasteiger partial charge on any atom is 0.230 e. The Labute approximate surface area is 169 Å². The fourth-order valence-electron chi connectivity index (χ4n) is 3.61. The maximum atomic E-state index is 13.0. The molecule has 1 aliphatic carbocycles. The Morgan fingerprint density at radius 3 is 2.41 bits per heavy atom. The molecule has 3 aromatic rings. The Kier molecular flexibility index (Phi) is 5.05. The molecule has 1 amide bonds. The summed E-state index contributed by atoms with van der Waals surface area (Å²) in [5.74, 6) is 0.644. The number of rotatable bonds is 6. The van der Waals surface area contributed by atoms with Crippen LogP contribution in [0.3, 0.4) is 0 Å². The van der Waals surface area contributed by atoms with Crippen LogP contribution in [-0.2, 0) is 16.8 Å². The third kappa shape index (κ3) is 4.29. The van der Waals surface area contributed by atoms with Gasteiger partial charge >= 0.3 is 0 Å². The third-order valence-corrected chi connectivity index (χ3v) is 5.25. The molecule has 4 rings (SSSR count). The first-order chi connectivity index (χ1) is 13.9. The number of ether oxygens (including phenoxy) is 1. The van der Waals surface area contributed by atoms with Gasteiger partial charge in [-0.1, -0.05) is 29.3 Å². The number of carbonyl (C=O) groups is 1. The van der Waals surface area contributed by atoms with Crippen LogP contribution in [-0.4, -0.2) is 10.9 Å². The van der Waals surface area contributed by atoms with E-state index in [0.29, 0.717) is 18.2 Å². The molecule has 0 saturated heterocycles. The Balaban J connectivity index is 1.42.